The molecule has 0 spiro atoms. The number of benzene rings is 1. The van der Waals surface area contributed by atoms with Gasteiger partial charge in [0.05, 0.1) is 17.4 Å². The van der Waals surface area contributed by atoms with Crippen LogP contribution in [0.4, 0.5) is 5.82 Å². The molecule has 0 radical (unpaired) electrons. The van der Waals surface area contributed by atoms with E-state index in [1.165, 1.54) is 0 Å². The summed E-state index contributed by atoms with van der Waals surface area (Å²) < 4.78 is 0. The lowest BCUT2D eigenvalue weighted by Crippen LogP contribution is -2.36. The normalized spacial score (nSPS) is 16.0. The third-order valence-corrected chi connectivity index (χ3v) is 4.19. The van der Waals surface area contributed by atoms with E-state index in [0.29, 0.717) is 5.56 Å². The van der Waals surface area contributed by atoms with Gasteiger partial charge in [-0.2, -0.15) is 5.26 Å². The van der Waals surface area contributed by atoms with Gasteiger partial charge in [-0.1, -0.05) is 30.3 Å². The number of nitriles is 1. The van der Waals surface area contributed by atoms with E-state index in [1.807, 2.05) is 37.3 Å². The van der Waals surface area contributed by atoms with E-state index < -0.39 is 0 Å². The van der Waals surface area contributed by atoms with E-state index in [4.69, 9.17) is 0 Å². The first-order chi connectivity index (χ1) is 10.2. The third kappa shape index (κ3) is 2.53. The Balaban J connectivity index is 2.00. The van der Waals surface area contributed by atoms with E-state index in [-0.39, 0.29) is 6.10 Å². The van der Waals surface area contributed by atoms with Gasteiger partial charge in [0.25, 0.3) is 0 Å². The molecule has 0 saturated carbocycles. The Bertz CT molecular complexity index is 661. The van der Waals surface area contributed by atoms with Crippen molar-refractivity contribution in [1.29, 1.82) is 5.26 Å². The van der Waals surface area contributed by atoms with Gasteiger partial charge in [0, 0.05) is 13.1 Å². The zero-order valence-corrected chi connectivity index (χ0v) is 12.1. The predicted octanol–water partition coefficient (Wildman–Crippen LogP) is 2.82. The molecule has 2 heterocycles. The summed E-state index contributed by atoms with van der Waals surface area (Å²) in [6.45, 7) is 3.55. The Kier molecular flexibility index (Phi) is 3.68. The smallest absolute Gasteiger partial charge is 0.124 e. The van der Waals surface area contributed by atoms with E-state index in [1.54, 1.807) is 0 Å². The number of aliphatic hydroxyl groups excluding tert-OH is 1. The van der Waals surface area contributed by atoms with Crippen molar-refractivity contribution in [3.05, 3.63) is 41.5 Å². The van der Waals surface area contributed by atoms with Crippen LogP contribution in [0.15, 0.2) is 30.3 Å². The highest BCUT2D eigenvalue weighted by molar-refractivity contribution is 5.74. The number of nitrogens with zero attached hydrogens (tertiary/aromatic N) is 2. The molecular weight excluding hydrogens is 262 g/mol. The molecule has 1 aromatic heterocycles. The van der Waals surface area contributed by atoms with Crippen LogP contribution in [0, 0.1) is 18.3 Å². The van der Waals surface area contributed by atoms with Crippen LogP contribution in [0.2, 0.25) is 0 Å². The van der Waals surface area contributed by atoms with Gasteiger partial charge < -0.3 is 15.0 Å². The van der Waals surface area contributed by atoms with Crippen molar-refractivity contribution in [3.8, 4) is 17.3 Å². The summed E-state index contributed by atoms with van der Waals surface area (Å²) in [6.07, 6.45) is 1.30. The Labute approximate surface area is 124 Å². The maximum absolute atomic E-state index is 9.64. The summed E-state index contributed by atoms with van der Waals surface area (Å²) in [5, 5.41) is 19.1. The number of hydrogen-bond acceptors (Lipinski definition) is 3. The molecule has 2 aromatic rings. The highest BCUT2D eigenvalue weighted by Gasteiger charge is 2.23. The summed E-state index contributed by atoms with van der Waals surface area (Å²) in [7, 11) is 0. The van der Waals surface area contributed by atoms with Gasteiger partial charge in [-0.15, -0.1) is 0 Å². The first-order valence-electron chi connectivity index (χ1n) is 7.32. The molecular formula is C17H19N3O. The molecule has 0 atom stereocenters. The molecule has 0 aliphatic carbocycles. The Morgan fingerprint density at radius 3 is 2.52 bits per heavy atom. The fourth-order valence-corrected chi connectivity index (χ4v) is 2.93. The van der Waals surface area contributed by atoms with Gasteiger partial charge in [-0.25, -0.2) is 0 Å². The lowest BCUT2D eigenvalue weighted by Gasteiger charge is -2.30. The zero-order valence-electron chi connectivity index (χ0n) is 12.1. The van der Waals surface area contributed by atoms with Crippen molar-refractivity contribution in [2.75, 3.05) is 18.0 Å². The number of piperidine rings is 1. The number of H-pyrrole nitrogens is 1. The van der Waals surface area contributed by atoms with Gasteiger partial charge in [-0.05, 0) is 30.9 Å². The second-order valence-corrected chi connectivity index (χ2v) is 5.54. The number of hydrogen-bond donors (Lipinski definition) is 2. The van der Waals surface area contributed by atoms with Gasteiger partial charge in [0.1, 0.15) is 11.9 Å². The van der Waals surface area contributed by atoms with Gasteiger partial charge in [0.15, 0.2) is 0 Å². The fraction of sp³-hybridized carbons (Fsp3) is 0.353. The molecule has 0 amide bonds. The molecule has 3 rings (SSSR count). The maximum atomic E-state index is 9.64. The number of anilines is 1. The highest BCUT2D eigenvalue weighted by atomic mass is 16.3. The van der Waals surface area contributed by atoms with E-state index >= 15 is 0 Å². The van der Waals surface area contributed by atoms with Crippen LogP contribution in [-0.4, -0.2) is 29.3 Å². The average Bonchev–Trinajstić information content (AvgIpc) is 2.85. The van der Waals surface area contributed by atoms with Crippen LogP contribution < -0.4 is 4.90 Å². The predicted molar refractivity (Wildman–Crippen MR) is 83.1 cm³/mol. The molecule has 0 unspecified atom stereocenters. The average molecular weight is 281 g/mol. The van der Waals surface area contributed by atoms with Crippen molar-refractivity contribution in [1.82, 2.24) is 4.98 Å². The standard InChI is InChI=1S/C17H19N3O/c1-12-15(11-18)17(20-9-7-14(21)8-10-20)19-16(12)13-5-3-2-4-6-13/h2-6,14,19,21H,7-10H2,1H3. The largest absolute Gasteiger partial charge is 0.393 e. The van der Waals surface area contributed by atoms with Crippen molar-refractivity contribution >= 4 is 5.82 Å². The topological polar surface area (TPSA) is 63.1 Å². The molecule has 2 N–H and O–H groups in total. The maximum Gasteiger partial charge on any atom is 0.124 e. The Morgan fingerprint density at radius 1 is 1.24 bits per heavy atom. The molecule has 1 fully saturated rings. The summed E-state index contributed by atoms with van der Waals surface area (Å²) >= 11 is 0. The van der Waals surface area contributed by atoms with Gasteiger partial charge in [-0.3, -0.25) is 0 Å². The summed E-state index contributed by atoms with van der Waals surface area (Å²) in [5.41, 5.74) is 3.80. The molecule has 4 heteroatoms. The minimum Gasteiger partial charge on any atom is -0.393 e. The van der Waals surface area contributed by atoms with Crippen LogP contribution in [0.1, 0.15) is 24.0 Å². The minimum absolute atomic E-state index is 0.212. The highest BCUT2D eigenvalue weighted by Crippen LogP contribution is 2.33. The third-order valence-electron chi connectivity index (χ3n) is 4.19. The molecule has 1 aliphatic rings. The summed E-state index contributed by atoms with van der Waals surface area (Å²) in [6, 6.07) is 12.4. The SMILES string of the molecule is Cc1c(-c2ccccc2)[nH]c(N2CCC(O)CC2)c1C#N. The van der Waals surface area contributed by atoms with Crippen molar-refractivity contribution < 1.29 is 5.11 Å². The fourth-order valence-electron chi connectivity index (χ4n) is 2.93. The van der Waals surface area contributed by atoms with E-state index in [0.717, 1.165) is 48.6 Å². The van der Waals surface area contributed by atoms with Gasteiger partial charge >= 0.3 is 0 Å². The van der Waals surface area contributed by atoms with Crippen molar-refractivity contribution in [2.24, 2.45) is 0 Å². The van der Waals surface area contributed by atoms with Crippen LogP contribution in [0.3, 0.4) is 0 Å². The summed E-state index contributed by atoms with van der Waals surface area (Å²) in [4.78, 5) is 5.59. The molecule has 21 heavy (non-hydrogen) atoms. The number of nitrogens with one attached hydrogen (secondary N) is 1. The van der Waals surface area contributed by atoms with E-state index in [2.05, 4.69) is 16.0 Å². The Hall–Kier alpha value is -2.25. The van der Waals surface area contributed by atoms with E-state index in [9.17, 15) is 10.4 Å². The quantitative estimate of drug-likeness (QED) is 0.889. The van der Waals surface area contributed by atoms with Crippen LogP contribution in [-0.2, 0) is 0 Å². The summed E-state index contributed by atoms with van der Waals surface area (Å²) in [5.74, 6) is 0.890. The molecule has 1 saturated heterocycles. The first-order valence-corrected chi connectivity index (χ1v) is 7.32. The van der Waals surface area contributed by atoms with Crippen LogP contribution in [0.5, 0.6) is 0 Å². The minimum atomic E-state index is -0.212. The molecule has 0 bridgehead atoms. The molecule has 108 valence electrons. The zero-order chi connectivity index (χ0) is 14.8. The second kappa shape index (κ2) is 5.63. The lowest BCUT2D eigenvalue weighted by atomic mass is 10.1. The molecule has 4 nitrogen and oxygen atoms in total. The number of aliphatic hydroxyl groups is 1. The monoisotopic (exact) mass is 281 g/mol. The number of rotatable bonds is 2. The van der Waals surface area contributed by atoms with Gasteiger partial charge in [0.2, 0.25) is 0 Å². The molecule has 1 aliphatic heterocycles. The Morgan fingerprint density at radius 2 is 1.90 bits per heavy atom. The number of aromatic amines is 1. The first kappa shape index (κ1) is 13.7. The van der Waals surface area contributed by atoms with Crippen LogP contribution >= 0.6 is 0 Å². The molecule has 1 aromatic carbocycles. The second-order valence-electron chi connectivity index (χ2n) is 5.54. The van der Waals surface area contributed by atoms with Crippen molar-refractivity contribution in [3.63, 3.8) is 0 Å². The van der Waals surface area contributed by atoms with Crippen molar-refractivity contribution in [2.45, 2.75) is 25.9 Å². The number of aromatic nitrogens is 1. The van der Waals surface area contributed by atoms with Crippen LogP contribution in [0.25, 0.3) is 11.3 Å². The lowest BCUT2D eigenvalue weighted by molar-refractivity contribution is 0.145.